The topological polar surface area (TPSA) is 105 Å². The number of nitrogens with two attached hydrogens (primary N) is 1. The van der Waals surface area contributed by atoms with E-state index in [0.29, 0.717) is 6.42 Å². The van der Waals surface area contributed by atoms with E-state index >= 15 is 0 Å². The highest BCUT2D eigenvalue weighted by atomic mass is 32.2. The lowest BCUT2D eigenvalue weighted by Gasteiger charge is -2.22. The zero-order valence-electron chi connectivity index (χ0n) is 10.9. The van der Waals surface area contributed by atoms with Crippen LogP contribution in [0.3, 0.4) is 0 Å². The minimum atomic E-state index is -3.35. The first-order valence-electron chi connectivity index (χ1n) is 5.56. The van der Waals surface area contributed by atoms with Crippen molar-refractivity contribution < 1.29 is 13.6 Å². The van der Waals surface area contributed by atoms with Crippen molar-refractivity contribution in [2.75, 3.05) is 5.75 Å². The van der Waals surface area contributed by atoms with Gasteiger partial charge in [-0.2, -0.15) is 0 Å². The molecule has 0 aromatic rings. The molecule has 0 aliphatic carbocycles. The Morgan fingerprint density at radius 3 is 2.35 bits per heavy atom. The molecule has 0 saturated heterocycles. The summed E-state index contributed by atoms with van der Waals surface area (Å²) in [6.07, 6.45) is 0.788. The van der Waals surface area contributed by atoms with Gasteiger partial charge in [0, 0.05) is 12.5 Å². The van der Waals surface area contributed by atoms with Gasteiger partial charge in [-0.1, -0.05) is 32.9 Å². The van der Waals surface area contributed by atoms with Crippen LogP contribution in [0.5, 0.6) is 0 Å². The van der Waals surface area contributed by atoms with Gasteiger partial charge >= 0.3 is 0 Å². The van der Waals surface area contributed by atoms with Crippen molar-refractivity contribution in [2.45, 2.75) is 46.6 Å². The minimum Gasteiger partial charge on any atom is -0.409 e. The number of oxime groups is 1. The molecule has 0 bridgehead atoms. The smallest absolute Gasteiger partial charge is 0.212 e. The summed E-state index contributed by atoms with van der Waals surface area (Å²) in [6.45, 7) is 7.42. The lowest BCUT2D eigenvalue weighted by atomic mass is 10.0. The van der Waals surface area contributed by atoms with E-state index < -0.39 is 10.0 Å². The first kappa shape index (κ1) is 16.2. The minimum absolute atomic E-state index is 0.0234. The van der Waals surface area contributed by atoms with Gasteiger partial charge < -0.3 is 10.9 Å². The molecule has 0 heterocycles. The lowest BCUT2D eigenvalue weighted by molar-refractivity contribution is 0.316. The Bertz CT molecular complexity index is 357. The number of amidine groups is 1. The van der Waals surface area contributed by atoms with E-state index in [1.165, 1.54) is 0 Å². The Kier molecular flexibility index (Phi) is 5.91. The molecule has 1 unspecified atom stereocenters. The quantitative estimate of drug-likeness (QED) is 0.287. The molecule has 0 amide bonds. The number of sulfonamides is 1. The molecule has 1 atom stereocenters. The largest absolute Gasteiger partial charge is 0.409 e. The maximum absolute atomic E-state index is 11.8. The molecule has 17 heavy (non-hydrogen) atoms. The van der Waals surface area contributed by atoms with E-state index in [0.717, 1.165) is 0 Å². The molecule has 6 nitrogen and oxygen atoms in total. The molecule has 0 spiro atoms. The van der Waals surface area contributed by atoms with Crippen molar-refractivity contribution in [2.24, 2.45) is 16.3 Å². The second-order valence-corrected chi connectivity index (χ2v) is 7.09. The summed E-state index contributed by atoms with van der Waals surface area (Å²) in [7, 11) is -3.35. The number of hydrogen-bond acceptors (Lipinski definition) is 4. The molecule has 0 radical (unpaired) electrons. The third kappa shape index (κ3) is 7.98. The third-order valence-electron chi connectivity index (χ3n) is 2.05. The van der Waals surface area contributed by atoms with Crippen LogP contribution >= 0.6 is 0 Å². The van der Waals surface area contributed by atoms with Gasteiger partial charge in [-0.15, -0.1) is 0 Å². The van der Waals surface area contributed by atoms with Crippen molar-refractivity contribution in [3.63, 3.8) is 0 Å². The van der Waals surface area contributed by atoms with Gasteiger partial charge in [0.05, 0.1) is 5.75 Å². The predicted octanol–water partition coefficient (Wildman–Crippen LogP) is 0.867. The molecule has 0 rings (SSSR count). The highest BCUT2D eigenvalue weighted by molar-refractivity contribution is 7.89. The number of rotatable bonds is 6. The van der Waals surface area contributed by atoms with E-state index in [9.17, 15) is 8.42 Å². The molecule has 0 aromatic heterocycles. The van der Waals surface area contributed by atoms with E-state index in [-0.39, 0.29) is 29.5 Å². The predicted molar refractivity (Wildman–Crippen MR) is 68.5 cm³/mol. The van der Waals surface area contributed by atoms with Crippen LogP contribution in [-0.4, -0.2) is 31.3 Å². The van der Waals surface area contributed by atoms with Crippen LogP contribution in [0, 0.1) is 5.41 Å². The molecule has 7 heteroatoms. The van der Waals surface area contributed by atoms with Gasteiger partial charge in [0.15, 0.2) is 0 Å². The summed E-state index contributed by atoms with van der Waals surface area (Å²) in [6, 6.07) is -0.335. The number of nitrogens with zero attached hydrogens (tertiary/aromatic N) is 1. The summed E-state index contributed by atoms with van der Waals surface area (Å²) >= 11 is 0. The Morgan fingerprint density at radius 2 is 2.00 bits per heavy atom. The fourth-order valence-electron chi connectivity index (χ4n) is 1.43. The molecule has 0 aliphatic rings. The second kappa shape index (κ2) is 6.20. The average Bonchev–Trinajstić information content (AvgIpc) is 2.12. The Hall–Kier alpha value is -0.820. The van der Waals surface area contributed by atoms with Crippen molar-refractivity contribution in [3.05, 3.63) is 0 Å². The monoisotopic (exact) mass is 265 g/mol. The van der Waals surface area contributed by atoms with Gasteiger partial charge in [-0.25, -0.2) is 13.1 Å². The van der Waals surface area contributed by atoms with Gasteiger partial charge in [-0.05, 0) is 11.8 Å². The van der Waals surface area contributed by atoms with Gasteiger partial charge in [0.25, 0.3) is 0 Å². The SMILES string of the molecule is CCC(CC(N)=NO)NS(=O)(=O)CC(C)(C)C. The molecule has 102 valence electrons. The first-order valence-corrected chi connectivity index (χ1v) is 7.21. The summed E-state index contributed by atoms with van der Waals surface area (Å²) < 4.78 is 26.2. The van der Waals surface area contributed by atoms with Gasteiger partial charge in [0.2, 0.25) is 10.0 Å². The van der Waals surface area contributed by atoms with Crippen LogP contribution < -0.4 is 10.5 Å². The van der Waals surface area contributed by atoms with Crippen molar-refractivity contribution in [3.8, 4) is 0 Å². The summed E-state index contributed by atoms with van der Waals surface area (Å²) in [5, 5.41) is 11.3. The zero-order valence-corrected chi connectivity index (χ0v) is 11.7. The second-order valence-electron chi connectivity index (χ2n) is 5.34. The molecule has 0 aromatic carbocycles. The standard InChI is InChI=1S/C10H23N3O3S/c1-5-8(6-9(11)12-14)13-17(15,16)7-10(2,3)4/h8,13-14H,5-7H2,1-4H3,(H2,11,12). The fraction of sp³-hybridized carbons (Fsp3) is 0.900. The Balaban J connectivity index is 4.57. The van der Waals surface area contributed by atoms with E-state index in [1.807, 2.05) is 27.7 Å². The van der Waals surface area contributed by atoms with Crippen molar-refractivity contribution in [1.82, 2.24) is 4.72 Å². The normalized spacial score (nSPS) is 15.9. The van der Waals surface area contributed by atoms with Crippen LogP contribution in [0.1, 0.15) is 40.5 Å². The van der Waals surface area contributed by atoms with Crippen LogP contribution in [0.15, 0.2) is 5.16 Å². The van der Waals surface area contributed by atoms with Crippen molar-refractivity contribution >= 4 is 15.9 Å². The lowest BCUT2D eigenvalue weighted by Crippen LogP contribution is -2.41. The summed E-state index contributed by atoms with van der Waals surface area (Å²) in [4.78, 5) is 0. The van der Waals surface area contributed by atoms with Gasteiger partial charge in [0.1, 0.15) is 5.84 Å². The summed E-state index contributed by atoms with van der Waals surface area (Å²) in [5.74, 6) is 0.0717. The van der Waals surface area contributed by atoms with Crippen molar-refractivity contribution in [1.29, 1.82) is 0 Å². The average molecular weight is 265 g/mol. The molecule has 0 fully saturated rings. The number of hydrogen-bond donors (Lipinski definition) is 3. The molecular formula is C10H23N3O3S. The van der Waals surface area contributed by atoms with Crippen LogP contribution in [0.2, 0.25) is 0 Å². The maximum atomic E-state index is 11.8. The molecular weight excluding hydrogens is 242 g/mol. The van der Waals surface area contributed by atoms with E-state index in [2.05, 4.69) is 9.88 Å². The molecule has 0 aliphatic heterocycles. The Morgan fingerprint density at radius 1 is 1.47 bits per heavy atom. The maximum Gasteiger partial charge on any atom is 0.212 e. The first-order chi connectivity index (χ1) is 7.59. The summed E-state index contributed by atoms with van der Waals surface area (Å²) in [5.41, 5.74) is 5.06. The Labute approximate surface area is 103 Å². The molecule has 4 N–H and O–H groups in total. The zero-order chi connectivity index (χ0) is 13.7. The number of nitrogens with one attached hydrogen (secondary N) is 1. The van der Waals surface area contributed by atoms with Crippen LogP contribution in [0.4, 0.5) is 0 Å². The third-order valence-corrected chi connectivity index (χ3v) is 3.98. The van der Waals surface area contributed by atoms with Crippen LogP contribution in [0.25, 0.3) is 0 Å². The van der Waals surface area contributed by atoms with E-state index in [1.54, 1.807) is 0 Å². The fourth-order valence-corrected chi connectivity index (χ4v) is 3.41. The highest BCUT2D eigenvalue weighted by Crippen LogP contribution is 2.16. The van der Waals surface area contributed by atoms with E-state index in [4.69, 9.17) is 10.9 Å². The highest BCUT2D eigenvalue weighted by Gasteiger charge is 2.24. The van der Waals surface area contributed by atoms with Crippen LogP contribution in [-0.2, 0) is 10.0 Å². The molecule has 0 saturated carbocycles. The van der Waals surface area contributed by atoms with Gasteiger partial charge in [-0.3, -0.25) is 0 Å².